The largest absolute Gasteiger partial charge is 0.494 e. The Morgan fingerprint density at radius 1 is 1.33 bits per heavy atom. The van der Waals surface area contributed by atoms with Crippen LogP contribution in [0.2, 0.25) is 0 Å². The number of carbonyl (C=O) groups is 1. The summed E-state index contributed by atoms with van der Waals surface area (Å²) in [6.45, 7) is 4.68. The first-order valence-electron chi connectivity index (χ1n) is 8.04. The van der Waals surface area contributed by atoms with Gasteiger partial charge in [-0.15, -0.1) is 0 Å². The third-order valence-corrected chi connectivity index (χ3v) is 3.80. The van der Waals surface area contributed by atoms with Crippen LogP contribution in [0.1, 0.15) is 49.4 Å². The van der Waals surface area contributed by atoms with Gasteiger partial charge < -0.3 is 15.4 Å². The van der Waals surface area contributed by atoms with E-state index in [1.54, 1.807) is 0 Å². The SMILES string of the molecule is CCCCCOc1ccc(C(=O)NCC2CCCN2)cc1. The van der Waals surface area contributed by atoms with Crippen LogP contribution < -0.4 is 15.4 Å². The summed E-state index contributed by atoms with van der Waals surface area (Å²) >= 11 is 0. The van der Waals surface area contributed by atoms with Gasteiger partial charge in [0.05, 0.1) is 6.61 Å². The van der Waals surface area contributed by atoms with Crippen molar-refractivity contribution in [2.75, 3.05) is 19.7 Å². The molecule has 4 heteroatoms. The highest BCUT2D eigenvalue weighted by molar-refractivity contribution is 5.94. The van der Waals surface area contributed by atoms with E-state index < -0.39 is 0 Å². The van der Waals surface area contributed by atoms with Crippen molar-refractivity contribution in [3.05, 3.63) is 29.8 Å². The van der Waals surface area contributed by atoms with Gasteiger partial charge in [-0.3, -0.25) is 4.79 Å². The van der Waals surface area contributed by atoms with Gasteiger partial charge in [0.25, 0.3) is 5.91 Å². The zero-order valence-corrected chi connectivity index (χ0v) is 12.9. The average Bonchev–Trinajstić information content (AvgIpc) is 3.03. The molecule has 1 aliphatic rings. The van der Waals surface area contributed by atoms with Crippen LogP contribution in [0.5, 0.6) is 5.75 Å². The molecule has 0 spiro atoms. The van der Waals surface area contributed by atoms with Gasteiger partial charge >= 0.3 is 0 Å². The lowest BCUT2D eigenvalue weighted by Gasteiger charge is -2.12. The maximum atomic E-state index is 12.0. The number of carbonyl (C=O) groups excluding carboxylic acids is 1. The van der Waals surface area contributed by atoms with E-state index >= 15 is 0 Å². The van der Waals surface area contributed by atoms with Crippen LogP contribution in [0, 0.1) is 0 Å². The molecule has 1 fully saturated rings. The van der Waals surface area contributed by atoms with Gasteiger partial charge in [0, 0.05) is 18.2 Å². The topological polar surface area (TPSA) is 50.4 Å². The second-order valence-corrected chi connectivity index (χ2v) is 5.58. The van der Waals surface area contributed by atoms with Crippen LogP contribution in [0.3, 0.4) is 0 Å². The number of hydrogen-bond donors (Lipinski definition) is 2. The molecule has 1 saturated heterocycles. The summed E-state index contributed by atoms with van der Waals surface area (Å²) in [5.41, 5.74) is 0.689. The van der Waals surface area contributed by atoms with Gasteiger partial charge in [0.1, 0.15) is 5.75 Å². The fraction of sp³-hybridized carbons (Fsp3) is 0.588. The molecule has 1 heterocycles. The van der Waals surface area contributed by atoms with Gasteiger partial charge in [-0.05, 0) is 50.1 Å². The molecule has 4 nitrogen and oxygen atoms in total. The van der Waals surface area contributed by atoms with E-state index in [1.807, 2.05) is 24.3 Å². The lowest BCUT2D eigenvalue weighted by Crippen LogP contribution is -2.37. The molecule has 0 aromatic heterocycles. The van der Waals surface area contributed by atoms with Crippen molar-refractivity contribution in [1.29, 1.82) is 0 Å². The molecule has 0 aliphatic carbocycles. The van der Waals surface area contributed by atoms with Crippen molar-refractivity contribution < 1.29 is 9.53 Å². The summed E-state index contributed by atoms with van der Waals surface area (Å²) in [5.74, 6) is 0.821. The number of amides is 1. The van der Waals surface area contributed by atoms with Crippen molar-refractivity contribution in [2.45, 2.75) is 45.1 Å². The Kier molecular flexibility index (Phi) is 6.54. The number of nitrogens with one attached hydrogen (secondary N) is 2. The number of unbranched alkanes of at least 4 members (excludes halogenated alkanes) is 2. The van der Waals surface area contributed by atoms with Gasteiger partial charge in [0.2, 0.25) is 0 Å². The highest BCUT2D eigenvalue weighted by Crippen LogP contribution is 2.13. The molecule has 2 rings (SSSR count). The van der Waals surface area contributed by atoms with Crippen molar-refractivity contribution in [3.8, 4) is 5.75 Å². The lowest BCUT2D eigenvalue weighted by molar-refractivity contribution is 0.0950. The molecule has 2 N–H and O–H groups in total. The summed E-state index contributed by atoms with van der Waals surface area (Å²) in [5, 5.41) is 6.35. The molecular weight excluding hydrogens is 264 g/mol. The summed E-state index contributed by atoms with van der Waals surface area (Å²) in [6.07, 6.45) is 5.80. The molecule has 116 valence electrons. The Morgan fingerprint density at radius 3 is 2.81 bits per heavy atom. The van der Waals surface area contributed by atoms with E-state index in [1.165, 1.54) is 19.3 Å². The van der Waals surface area contributed by atoms with Crippen LogP contribution >= 0.6 is 0 Å². The Morgan fingerprint density at radius 2 is 2.14 bits per heavy atom. The number of hydrogen-bond acceptors (Lipinski definition) is 3. The summed E-state index contributed by atoms with van der Waals surface area (Å²) in [6, 6.07) is 7.82. The highest BCUT2D eigenvalue weighted by Gasteiger charge is 2.15. The predicted molar refractivity (Wildman–Crippen MR) is 84.8 cm³/mol. The summed E-state index contributed by atoms with van der Waals surface area (Å²) in [4.78, 5) is 12.0. The van der Waals surface area contributed by atoms with Crippen LogP contribution in [0.15, 0.2) is 24.3 Å². The molecule has 1 atom stereocenters. The molecule has 0 saturated carbocycles. The zero-order valence-electron chi connectivity index (χ0n) is 12.9. The Labute approximate surface area is 127 Å². The monoisotopic (exact) mass is 290 g/mol. The van der Waals surface area contributed by atoms with E-state index in [0.717, 1.165) is 31.7 Å². The zero-order chi connectivity index (χ0) is 14.9. The van der Waals surface area contributed by atoms with E-state index in [9.17, 15) is 4.79 Å². The number of rotatable bonds is 8. The molecule has 0 radical (unpaired) electrons. The van der Waals surface area contributed by atoms with Crippen molar-refractivity contribution in [3.63, 3.8) is 0 Å². The minimum Gasteiger partial charge on any atom is -0.494 e. The minimum atomic E-state index is -0.0127. The maximum absolute atomic E-state index is 12.0. The molecule has 1 unspecified atom stereocenters. The first-order chi connectivity index (χ1) is 10.3. The Bertz CT molecular complexity index is 425. The minimum absolute atomic E-state index is 0.0127. The lowest BCUT2D eigenvalue weighted by atomic mass is 10.2. The summed E-state index contributed by atoms with van der Waals surface area (Å²) in [7, 11) is 0. The second kappa shape index (κ2) is 8.67. The van der Waals surface area contributed by atoms with Gasteiger partial charge in [-0.2, -0.15) is 0 Å². The summed E-state index contributed by atoms with van der Waals surface area (Å²) < 4.78 is 5.64. The van der Waals surface area contributed by atoms with Crippen LogP contribution in [-0.2, 0) is 0 Å². The fourth-order valence-electron chi connectivity index (χ4n) is 2.49. The van der Waals surface area contributed by atoms with Crippen LogP contribution in [0.25, 0.3) is 0 Å². The smallest absolute Gasteiger partial charge is 0.251 e. The van der Waals surface area contributed by atoms with E-state index in [2.05, 4.69) is 17.6 Å². The van der Waals surface area contributed by atoms with Crippen molar-refractivity contribution >= 4 is 5.91 Å². The van der Waals surface area contributed by atoms with Crippen molar-refractivity contribution in [1.82, 2.24) is 10.6 Å². The van der Waals surface area contributed by atoms with Crippen molar-refractivity contribution in [2.24, 2.45) is 0 Å². The molecular formula is C17H26N2O2. The Balaban J connectivity index is 1.73. The predicted octanol–water partition coefficient (Wildman–Crippen LogP) is 2.74. The third-order valence-electron chi connectivity index (χ3n) is 3.80. The maximum Gasteiger partial charge on any atom is 0.251 e. The van der Waals surface area contributed by atoms with Gasteiger partial charge in [-0.25, -0.2) is 0 Å². The Hall–Kier alpha value is -1.55. The quantitative estimate of drug-likeness (QED) is 0.724. The van der Waals surface area contributed by atoms with E-state index in [4.69, 9.17) is 4.74 Å². The van der Waals surface area contributed by atoms with Gasteiger partial charge in [-0.1, -0.05) is 19.8 Å². The van der Waals surface area contributed by atoms with Crippen LogP contribution in [0.4, 0.5) is 0 Å². The molecule has 1 aromatic rings. The first kappa shape index (κ1) is 15.8. The molecule has 1 amide bonds. The number of ether oxygens (including phenoxy) is 1. The molecule has 0 bridgehead atoms. The number of benzene rings is 1. The van der Waals surface area contributed by atoms with E-state index in [0.29, 0.717) is 18.2 Å². The van der Waals surface area contributed by atoms with Gasteiger partial charge in [0.15, 0.2) is 0 Å². The highest BCUT2D eigenvalue weighted by atomic mass is 16.5. The third kappa shape index (κ3) is 5.38. The molecule has 1 aromatic carbocycles. The van der Waals surface area contributed by atoms with E-state index in [-0.39, 0.29) is 5.91 Å². The first-order valence-corrected chi connectivity index (χ1v) is 8.04. The normalized spacial score (nSPS) is 17.7. The second-order valence-electron chi connectivity index (χ2n) is 5.58. The standard InChI is InChI=1S/C17H26N2O2/c1-2-3-4-12-21-16-9-7-14(8-10-16)17(20)19-13-15-6-5-11-18-15/h7-10,15,18H,2-6,11-13H2,1H3,(H,19,20). The van der Waals surface area contributed by atoms with Crippen LogP contribution in [-0.4, -0.2) is 31.6 Å². The molecule has 21 heavy (non-hydrogen) atoms. The molecule has 1 aliphatic heterocycles. The average molecular weight is 290 g/mol. The fourth-order valence-corrected chi connectivity index (χ4v) is 2.49.